The Morgan fingerprint density at radius 2 is 0.437 bits per heavy atom. The second kappa shape index (κ2) is 67.6. The number of rotatable bonds is 41. The molecule has 0 aliphatic carbocycles. The molecule has 0 aliphatic rings. The van der Waals surface area contributed by atoms with Gasteiger partial charge in [0, 0.05) is 76.4 Å². The average molecular weight is 1260 g/mol. The van der Waals surface area contributed by atoms with Crippen LogP contribution in [0.1, 0.15) is 229 Å². The van der Waals surface area contributed by atoms with Crippen LogP contribution in [0.4, 0.5) is 0 Å². The zero-order valence-corrected chi connectivity index (χ0v) is 51.6. The highest BCUT2D eigenvalue weighted by molar-refractivity contribution is 5.94. The zero-order valence-electron chi connectivity index (χ0n) is 51.6. The molecular weight excluding hydrogens is 1160 g/mol. The number of carboxylic acid groups (broad SMARTS) is 8. The summed E-state index contributed by atoms with van der Waals surface area (Å²) >= 11 is 0. The van der Waals surface area contributed by atoms with Gasteiger partial charge in [-0.25, -0.2) is 14.4 Å². The Bertz CT molecular complexity index is 1920. The van der Waals surface area contributed by atoms with Crippen LogP contribution in [0, 0.1) is 0 Å². The van der Waals surface area contributed by atoms with Crippen molar-refractivity contribution in [1.29, 1.82) is 0 Å². The lowest BCUT2D eigenvalue weighted by atomic mass is 10.0. The monoisotopic (exact) mass is 1250 g/mol. The molecule has 0 rings (SSSR count). The average Bonchev–Trinajstić information content (AvgIpc) is 3.53. The van der Waals surface area contributed by atoms with Crippen LogP contribution >= 0.6 is 0 Å². The Morgan fingerprint density at radius 3 is 0.632 bits per heavy atom. The van der Waals surface area contributed by atoms with Gasteiger partial charge in [-0.05, 0) is 125 Å². The summed E-state index contributed by atoms with van der Waals surface area (Å²) in [6, 6.07) is 0. The van der Waals surface area contributed by atoms with Crippen molar-refractivity contribution in [2.75, 3.05) is 0 Å². The third kappa shape index (κ3) is 110. The lowest BCUT2D eigenvalue weighted by Gasteiger charge is -2.22. The molecule has 502 valence electrons. The number of ketones is 8. The van der Waals surface area contributed by atoms with E-state index in [1.54, 1.807) is 20.8 Å². The molecule has 0 heterocycles. The second-order valence-corrected chi connectivity index (χ2v) is 19.4. The lowest BCUT2D eigenvalue weighted by molar-refractivity contribution is -0.165. The maximum Gasteiger partial charge on any atom is 0.335 e. The summed E-state index contributed by atoms with van der Waals surface area (Å²) in [6.45, 7) is 11.3. The molecule has 4 atom stereocenters. The molecule has 0 aromatic heterocycles. The van der Waals surface area contributed by atoms with Crippen LogP contribution in [0.3, 0.4) is 0 Å². The lowest BCUT2D eigenvalue weighted by Crippen LogP contribution is -2.49. The molecule has 4 unspecified atom stereocenters. The first-order valence-electron chi connectivity index (χ1n) is 28.0. The molecule has 0 aromatic rings. The van der Waals surface area contributed by atoms with Crippen molar-refractivity contribution in [2.45, 2.75) is 253 Å². The quantitative estimate of drug-likeness (QED) is 0.0234. The van der Waals surface area contributed by atoms with E-state index < -0.39 is 78.0 Å². The van der Waals surface area contributed by atoms with Crippen molar-refractivity contribution in [3.8, 4) is 0 Å². The predicted molar refractivity (Wildman–Crippen MR) is 314 cm³/mol. The first kappa shape index (κ1) is 95.8. The summed E-state index contributed by atoms with van der Waals surface area (Å²) in [5.41, 5.74) is 0. The molecule has 0 fully saturated rings. The fourth-order valence-corrected chi connectivity index (χ4v) is 5.64. The van der Waals surface area contributed by atoms with Crippen LogP contribution in [0.15, 0.2) is 24.3 Å². The zero-order chi connectivity index (χ0) is 69.5. The van der Waals surface area contributed by atoms with Crippen LogP contribution in [0.25, 0.3) is 0 Å². The highest BCUT2D eigenvalue weighted by atomic mass is 16.4. The standard InChI is InChI=1S/C11H20O3.C10H18O3.C8H14O3.C7H12O7.C7H12O3.C6H10O3.2C5H6O3/c1-10(12)8-6-4-2-3-5-7-9-11(13)14;1-9(11)7-5-3-2-4-6-8-10(12)13;1-7(9)5-3-2-4-6-8(10)11;1-2(8)3(9)4(10)5(11)6(12)7(13)14;1-6(8)4-2-3-5-7(9)10;1-5(7)3-2-4-6(8)9;2*1-4(6)2-3-5(7)8/h2-9H2,1H3,(H,13,14);2-8H2,1H3,(H,12,13);2-6H2,1H3,(H,10,11);3-6,9-12H,1H3,(H,13,14);2-5H2,1H3,(H,9,10);2-4H2,1H3,(H,8,9);2*2-3H,1H3,(H,7,8)/b;;;;;;3-2+;3-2-. The fourth-order valence-electron chi connectivity index (χ4n) is 5.64. The van der Waals surface area contributed by atoms with Gasteiger partial charge in [-0.1, -0.05) is 51.4 Å². The first-order valence-corrected chi connectivity index (χ1v) is 28.0. The van der Waals surface area contributed by atoms with Gasteiger partial charge in [0.1, 0.15) is 47.2 Å². The molecule has 0 radical (unpaired) electrons. The minimum atomic E-state index is -2.25. The molecule has 12 N–H and O–H groups in total. The van der Waals surface area contributed by atoms with Crippen LogP contribution in [-0.2, 0) is 76.7 Å². The van der Waals surface area contributed by atoms with Gasteiger partial charge in [-0.15, -0.1) is 0 Å². The van der Waals surface area contributed by atoms with Crippen molar-refractivity contribution >= 4 is 94.0 Å². The summed E-state index contributed by atoms with van der Waals surface area (Å²) in [4.78, 5) is 162. The number of aliphatic carboxylic acids is 8. The Balaban J connectivity index is -0.000000138. The number of carboxylic acids is 8. The van der Waals surface area contributed by atoms with E-state index in [2.05, 4.69) is 0 Å². The van der Waals surface area contributed by atoms with Crippen LogP contribution in [0.5, 0.6) is 0 Å². The van der Waals surface area contributed by atoms with E-state index in [0.29, 0.717) is 57.8 Å². The van der Waals surface area contributed by atoms with E-state index in [9.17, 15) is 76.7 Å². The van der Waals surface area contributed by atoms with Gasteiger partial charge in [-0.3, -0.25) is 38.4 Å². The summed E-state index contributed by atoms with van der Waals surface area (Å²) in [5.74, 6) is -8.25. The van der Waals surface area contributed by atoms with Crippen molar-refractivity contribution in [2.24, 2.45) is 0 Å². The van der Waals surface area contributed by atoms with Crippen molar-refractivity contribution in [1.82, 2.24) is 0 Å². The van der Waals surface area contributed by atoms with Gasteiger partial charge in [0.2, 0.25) is 0 Å². The maximum absolute atomic E-state index is 10.6. The number of unbranched alkanes of at least 4 members (excludes halogenated alkanes) is 12. The number of hydrogen-bond donors (Lipinski definition) is 12. The topological polar surface area (TPSA) is 516 Å². The van der Waals surface area contributed by atoms with Crippen LogP contribution < -0.4 is 0 Å². The number of carbonyl (C=O) groups excluding carboxylic acids is 8. The van der Waals surface area contributed by atoms with Gasteiger partial charge < -0.3 is 85.3 Å². The Morgan fingerprint density at radius 1 is 0.253 bits per heavy atom. The highest BCUT2D eigenvalue weighted by Gasteiger charge is 2.36. The van der Waals surface area contributed by atoms with E-state index >= 15 is 0 Å². The molecule has 0 saturated heterocycles. The van der Waals surface area contributed by atoms with E-state index in [-0.39, 0.29) is 72.6 Å². The van der Waals surface area contributed by atoms with Crippen molar-refractivity contribution < 1.29 is 138 Å². The minimum Gasteiger partial charge on any atom is -0.481 e. The minimum absolute atomic E-state index is 0.0521. The summed E-state index contributed by atoms with van der Waals surface area (Å²) < 4.78 is 0. The number of allylic oxidation sites excluding steroid dienone is 2. The molecule has 28 heteroatoms. The van der Waals surface area contributed by atoms with E-state index in [0.717, 1.165) is 115 Å². The van der Waals surface area contributed by atoms with E-state index in [4.69, 9.17) is 61.3 Å². The number of Topliss-reactive ketones (excluding diaryl/α,β-unsaturated/α-hetero) is 6. The third-order valence-electron chi connectivity index (χ3n) is 10.2. The third-order valence-corrected chi connectivity index (χ3v) is 10.2. The molecule has 87 heavy (non-hydrogen) atoms. The number of carbonyl (C=O) groups is 16. The number of hydrogen-bond acceptors (Lipinski definition) is 20. The SMILES string of the molecule is CC(=O)/C=C/C(=O)O.CC(=O)/C=C\C(=O)O.CC(=O)C(O)C(O)C(O)C(O)C(=O)O.CC(=O)CCCC(=O)O.CC(=O)CCCCC(=O)O.CC(=O)CCCCCC(=O)O.CC(=O)CCCCCCCC(=O)O.CC(=O)CCCCCCCCC(=O)O. The molecule has 0 spiro atoms. The summed E-state index contributed by atoms with van der Waals surface area (Å²) in [7, 11) is 0. The molecule has 0 saturated carbocycles. The normalized spacial score (nSPS) is 11.2. The Labute approximate surface area is 508 Å². The first-order chi connectivity index (χ1) is 40.2. The van der Waals surface area contributed by atoms with Crippen molar-refractivity contribution in [3.63, 3.8) is 0 Å². The van der Waals surface area contributed by atoms with E-state index in [1.807, 2.05) is 0 Å². The number of aliphatic hydroxyl groups is 4. The highest BCUT2D eigenvalue weighted by Crippen LogP contribution is 2.10. The smallest absolute Gasteiger partial charge is 0.335 e. The van der Waals surface area contributed by atoms with Crippen molar-refractivity contribution in [3.05, 3.63) is 24.3 Å². The predicted octanol–water partition coefficient (Wildman–Crippen LogP) is 6.37. The second-order valence-electron chi connectivity index (χ2n) is 19.4. The van der Waals surface area contributed by atoms with Crippen LogP contribution in [-0.4, -0.2) is 180 Å². The Kier molecular flexibility index (Phi) is 74.4. The van der Waals surface area contributed by atoms with E-state index in [1.165, 1.54) is 27.7 Å². The maximum atomic E-state index is 10.6. The molecular formula is C59H98O28. The van der Waals surface area contributed by atoms with Gasteiger partial charge in [0.25, 0.3) is 0 Å². The van der Waals surface area contributed by atoms with Gasteiger partial charge in [-0.2, -0.15) is 0 Å². The molecule has 0 bridgehead atoms. The summed E-state index contributed by atoms with van der Waals surface area (Å²) in [5, 5.41) is 101. The van der Waals surface area contributed by atoms with Crippen LogP contribution in [0.2, 0.25) is 0 Å². The molecule has 0 aromatic carbocycles. The molecule has 0 aliphatic heterocycles. The fraction of sp³-hybridized carbons (Fsp3) is 0.661. The largest absolute Gasteiger partial charge is 0.481 e. The summed E-state index contributed by atoms with van der Waals surface area (Å²) in [6.07, 6.45) is 14.1. The van der Waals surface area contributed by atoms with Gasteiger partial charge >= 0.3 is 47.8 Å². The number of aliphatic hydroxyl groups excluding tert-OH is 4. The molecule has 0 amide bonds. The van der Waals surface area contributed by atoms with Gasteiger partial charge in [0.05, 0.1) is 0 Å². The van der Waals surface area contributed by atoms with Gasteiger partial charge in [0.15, 0.2) is 23.5 Å². The molecule has 28 nitrogen and oxygen atoms in total. The Hall–Kier alpha value is -7.56.